The second-order valence-corrected chi connectivity index (χ2v) is 6.16. The number of hydrogen-bond donors (Lipinski definition) is 0. The quantitative estimate of drug-likeness (QED) is 0.759. The number of aryl methyl sites for hydroxylation is 1. The normalized spacial score (nSPS) is 16.6. The summed E-state index contributed by atoms with van der Waals surface area (Å²) in [6, 6.07) is 0. The fourth-order valence-corrected chi connectivity index (χ4v) is 2.74. The summed E-state index contributed by atoms with van der Waals surface area (Å²) in [6.07, 6.45) is 4.93. The minimum atomic E-state index is -0.190. The molecule has 1 amide bonds. The molecular formula is C17H21N5O4. The van der Waals surface area contributed by atoms with Gasteiger partial charge in [-0.25, -0.2) is 4.98 Å². The third-order valence-corrected chi connectivity index (χ3v) is 4.41. The van der Waals surface area contributed by atoms with Crippen LogP contribution in [0, 0.1) is 13.8 Å². The fourth-order valence-electron chi connectivity index (χ4n) is 2.74. The molecule has 1 atom stereocenters. The molecule has 0 aromatic carbocycles. The Kier molecular flexibility index (Phi) is 5.15. The minimum Gasteiger partial charge on any atom is -0.480 e. The number of nitrogens with zero attached hydrogens (tertiary/aromatic N) is 5. The average molecular weight is 359 g/mol. The van der Waals surface area contributed by atoms with Crippen molar-refractivity contribution in [3.8, 4) is 11.8 Å². The lowest BCUT2D eigenvalue weighted by atomic mass is 10.3. The molecule has 1 fully saturated rings. The first-order valence-electron chi connectivity index (χ1n) is 8.31. The third-order valence-electron chi connectivity index (χ3n) is 4.41. The fraction of sp³-hybridized carbons (Fsp3) is 0.471. The zero-order chi connectivity index (χ0) is 18.7. The second kappa shape index (κ2) is 7.51. The summed E-state index contributed by atoms with van der Waals surface area (Å²) < 4.78 is 12.1. The summed E-state index contributed by atoms with van der Waals surface area (Å²) in [6.45, 7) is 4.45. The van der Waals surface area contributed by atoms with Crippen LogP contribution in [0.15, 0.2) is 23.5 Å². The van der Waals surface area contributed by atoms with Gasteiger partial charge in [-0.3, -0.25) is 19.1 Å². The van der Waals surface area contributed by atoms with E-state index in [-0.39, 0.29) is 24.1 Å². The molecule has 0 bridgehead atoms. The summed E-state index contributed by atoms with van der Waals surface area (Å²) in [7, 11) is 1.51. The lowest BCUT2D eigenvalue weighted by molar-refractivity contribution is -0.131. The van der Waals surface area contributed by atoms with Gasteiger partial charge in [-0.15, -0.1) is 0 Å². The molecule has 1 aliphatic rings. The average Bonchev–Trinajstić information content (AvgIpc) is 3.11. The van der Waals surface area contributed by atoms with Gasteiger partial charge < -0.3 is 14.4 Å². The Balaban J connectivity index is 1.60. The molecule has 0 saturated carbocycles. The Morgan fingerprint density at radius 1 is 1.31 bits per heavy atom. The molecule has 0 N–H and O–H groups in total. The lowest BCUT2D eigenvalue weighted by Gasteiger charge is -2.17. The van der Waals surface area contributed by atoms with E-state index in [1.807, 2.05) is 0 Å². The van der Waals surface area contributed by atoms with Gasteiger partial charge in [0.1, 0.15) is 12.6 Å². The Morgan fingerprint density at radius 2 is 2.08 bits per heavy atom. The molecule has 2 aromatic rings. The number of carbonyl (C=O) groups excluding carboxylic acids is 1. The number of aromatic nitrogens is 4. The largest absolute Gasteiger partial charge is 0.480 e. The summed E-state index contributed by atoms with van der Waals surface area (Å²) in [4.78, 5) is 38.7. The van der Waals surface area contributed by atoms with Crippen molar-refractivity contribution in [3.05, 3.63) is 40.3 Å². The van der Waals surface area contributed by atoms with Crippen molar-refractivity contribution < 1.29 is 14.3 Å². The van der Waals surface area contributed by atoms with Crippen LogP contribution in [0.2, 0.25) is 0 Å². The van der Waals surface area contributed by atoms with Crippen molar-refractivity contribution in [1.29, 1.82) is 0 Å². The lowest BCUT2D eigenvalue weighted by Crippen LogP contribution is -2.36. The first kappa shape index (κ1) is 17.8. The van der Waals surface area contributed by atoms with Crippen molar-refractivity contribution in [1.82, 2.24) is 24.4 Å². The highest BCUT2D eigenvalue weighted by Crippen LogP contribution is 2.18. The topological polar surface area (TPSA) is 99.4 Å². The van der Waals surface area contributed by atoms with Gasteiger partial charge >= 0.3 is 0 Å². The maximum atomic E-state index is 12.5. The zero-order valence-electron chi connectivity index (χ0n) is 15.0. The SMILES string of the molecule is COc1cncc(OC2CCN(C(=O)Cn3cnc(C)c(C)c3=O)C2)n1. The molecule has 26 heavy (non-hydrogen) atoms. The molecule has 3 heterocycles. The number of carbonyl (C=O) groups is 1. The first-order chi connectivity index (χ1) is 12.5. The van der Waals surface area contributed by atoms with Gasteiger partial charge in [0.05, 0.1) is 32.4 Å². The molecule has 138 valence electrons. The Hall–Kier alpha value is -2.97. The van der Waals surface area contributed by atoms with E-state index in [0.29, 0.717) is 42.5 Å². The van der Waals surface area contributed by atoms with Crippen LogP contribution in [0.4, 0.5) is 0 Å². The summed E-state index contributed by atoms with van der Waals surface area (Å²) in [5, 5.41) is 0. The van der Waals surface area contributed by atoms with Crippen molar-refractivity contribution in [3.63, 3.8) is 0 Å². The summed E-state index contributed by atoms with van der Waals surface area (Å²) in [5.74, 6) is 0.591. The molecule has 0 spiro atoms. The van der Waals surface area contributed by atoms with E-state index in [1.165, 1.54) is 30.4 Å². The van der Waals surface area contributed by atoms with Gasteiger partial charge in [-0.2, -0.15) is 4.98 Å². The van der Waals surface area contributed by atoms with Crippen LogP contribution in [-0.2, 0) is 11.3 Å². The number of amides is 1. The minimum absolute atomic E-state index is 0.0291. The van der Waals surface area contributed by atoms with Gasteiger partial charge in [0.15, 0.2) is 0 Å². The Labute approximate surface area is 150 Å². The van der Waals surface area contributed by atoms with E-state index in [2.05, 4.69) is 15.0 Å². The van der Waals surface area contributed by atoms with Gasteiger partial charge in [0, 0.05) is 24.2 Å². The molecular weight excluding hydrogens is 338 g/mol. The molecule has 1 aliphatic heterocycles. The smallest absolute Gasteiger partial charge is 0.256 e. The second-order valence-electron chi connectivity index (χ2n) is 6.16. The van der Waals surface area contributed by atoms with Gasteiger partial charge in [-0.05, 0) is 13.8 Å². The zero-order valence-corrected chi connectivity index (χ0v) is 15.0. The third kappa shape index (κ3) is 3.81. The van der Waals surface area contributed by atoms with Crippen LogP contribution < -0.4 is 15.0 Å². The molecule has 0 radical (unpaired) electrons. The molecule has 9 heteroatoms. The van der Waals surface area contributed by atoms with Crippen LogP contribution >= 0.6 is 0 Å². The first-order valence-corrected chi connectivity index (χ1v) is 8.31. The van der Waals surface area contributed by atoms with Crippen molar-refractivity contribution in [2.75, 3.05) is 20.2 Å². The molecule has 1 saturated heterocycles. The monoisotopic (exact) mass is 359 g/mol. The Bertz CT molecular complexity index is 866. The van der Waals surface area contributed by atoms with Crippen LogP contribution in [-0.4, -0.2) is 56.6 Å². The highest BCUT2D eigenvalue weighted by molar-refractivity contribution is 5.76. The van der Waals surface area contributed by atoms with Crippen molar-refractivity contribution in [2.24, 2.45) is 0 Å². The molecule has 1 unspecified atom stereocenters. The molecule has 2 aromatic heterocycles. The predicted molar refractivity (Wildman–Crippen MR) is 92.2 cm³/mol. The van der Waals surface area contributed by atoms with E-state index in [1.54, 1.807) is 18.7 Å². The van der Waals surface area contributed by atoms with E-state index < -0.39 is 0 Å². The maximum Gasteiger partial charge on any atom is 0.256 e. The maximum absolute atomic E-state index is 12.5. The molecule has 9 nitrogen and oxygen atoms in total. The number of ether oxygens (including phenoxy) is 2. The standard InChI is InChI=1S/C17H21N5O4/c1-11-12(2)19-10-22(17(11)24)9-16(23)21-5-4-13(8-21)26-15-7-18-6-14(20-15)25-3/h6-7,10,13H,4-5,8-9H2,1-3H3. The number of methoxy groups -OCH3 is 1. The molecule has 0 aliphatic carbocycles. The van der Waals surface area contributed by atoms with E-state index in [9.17, 15) is 9.59 Å². The summed E-state index contributed by atoms with van der Waals surface area (Å²) in [5.41, 5.74) is 1.04. The van der Waals surface area contributed by atoms with Crippen molar-refractivity contribution in [2.45, 2.75) is 32.9 Å². The number of rotatable bonds is 5. The van der Waals surface area contributed by atoms with E-state index >= 15 is 0 Å². The van der Waals surface area contributed by atoms with Crippen LogP contribution in [0.25, 0.3) is 0 Å². The van der Waals surface area contributed by atoms with Gasteiger partial charge in [0.2, 0.25) is 17.7 Å². The van der Waals surface area contributed by atoms with Crippen LogP contribution in [0.5, 0.6) is 11.8 Å². The van der Waals surface area contributed by atoms with Crippen LogP contribution in [0.1, 0.15) is 17.7 Å². The molecule has 3 rings (SSSR count). The highest BCUT2D eigenvalue weighted by atomic mass is 16.5. The summed E-state index contributed by atoms with van der Waals surface area (Å²) >= 11 is 0. The highest BCUT2D eigenvalue weighted by Gasteiger charge is 2.28. The van der Waals surface area contributed by atoms with Crippen LogP contribution in [0.3, 0.4) is 0 Å². The van der Waals surface area contributed by atoms with Gasteiger partial charge in [-0.1, -0.05) is 0 Å². The van der Waals surface area contributed by atoms with Crippen molar-refractivity contribution >= 4 is 5.91 Å². The Morgan fingerprint density at radius 3 is 2.85 bits per heavy atom. The van der Waals surface area contributed by atoms with E-state index in [4.69, 9.17) is 9.47 Å². The van der Waals surface area contributed by atoms with E-state index in [0.717, 1.165) is 0 Å². The predicted octanol–water partition coefficient (Wildman–Crippen LogP) is 0.339. The van der Waals surface area contributed by atoms with Gasteiger partial charge in [0.25, 0.3) is 5.56 Å². The number of hydrogen-bond acceptors (Lipinski definition) is 7. The number of likely N-dealkylation sites (tertiary alicyclic amines) is 1.